The van der Waals surface area contributed by atoms with Crippen molar-refractivity contribution in [3.8, 4) is 0 Å². The smallest absolute Gasteiger partial charge is 0.129 e. The van der Waals surface area contributed by atoms with Gasteiger partial charge in [-0.25, -0.2) is 0 Å². The number of aliphatic hydroxyl groups excluding tert-OH is 1. The Balaban J connectivity index is 1.81. The molecule has 0 aliphatic carbocycles. The van der Waals surface area contributed by atoms with Crippen molar-refractivity contribution in [3.05, 3.63) is 59.5 Å². The van der Waals surface area contributed by atoms with Crippen molar-refractivity contribution in [2.24, 2.45) is 0 Å². The van der Waals surface area contributed by atoms with Crippen LogP contribution in [0.1, 0.15) is 30.7 Å². The summed E-state index contributed by atoms with van der Waals surface area (Å²) in [7, 11) is 0. The SMILES string of the molecule is Cc1cccc(CN(C[C@H](O)COCc2ccco2)C(C)C)c1. The highest BCUT2D eigenvalue weighted by Gasteiger charge is 2.15. The van der Waals surface area contributed by atoms with Gasteiger partial charge in [0.05, 0.1) is 19.0 Å². The zero-order chi connectivity index (χ0) is 16.7. The van der Waals surface area contributed by atoms with Gasteiger partial charge in [0.15, 0.2) is 0 Å². The minimum Gasteiger partial charge on any atom is -0.467 e. The Morgan fingerprint density at radius 3 is 2.70 bits per heavy atom. The summed E-state index contributed by atoms with van der Waals surface area (Å²) in [4.78, 5) is 2.26. The molecule has 1 heterocycles. The summed E-state index contributed by atoms with van der Waals surface area (Å²) < 4.78 is 10.7. The second-order valence-electron chi connectivity index (χ2n) is 6.26. The normalized spacial score (nSPS) is 13.0. The van der Waals surface area contributed by atoms with Gasteiger partial charge in [-0.1, -0.05) is 29.8 Å². The molecule has 126 valence electrons. The van der Waals surface area contributed by atoms with Gasteiger partial charge < -0.3 is 14.3 Å². The zero-order valence-corrected chi connectivity index (χ0v) is 14.2. The van der Waals surface area contributed by atoms with Crippen LogP contribution in [0.3, 0.4) is 0 Å². The van der Waals surface area contributed by atoms with Crippen LogP contribution in [-0.4, -0.2) is 35.3 Å². The van der Waals surface area contributed by atoms with Crippen molar-refractivity contribution in [2.75, 3.05) is 13.2 Å². The quantitative estimate of drug-likeness (QED) is 0.770. The summed E-state index contributed by atoms with van der Waals surface area (Å²) in [5.74, 6) is 0.776. The lowest BCUT2D eigenvalue weighted by Crippen LogP contribution is -2.38. The lowest BCUT2D eigenvalue weighted by Gasteiger charge is -2.28. The second kappa shape index (κ2) is 8.87. The van der Waals surface area contributed by atoms with Crippen LogP contribution in [0.15, 0.2) is 47.1 Å². The minimum atomic E-state index is -0.517. The van der Waals surface area contributed by atoms with Crippen molar-refractivity contribution >= 4 is 0 Å². The average molecular weight is 317 g/mol. The first-order valence-electron chi connectivity index (χ1n) is 8.12. The first-order chi connectivity index (χ1) is 11.0. The molecule has 2 rings (SSSR count). The number of benzene rings is 1. The fourth-order valence-corrected chi connectivity index (χ4v) is 2.52. The van der Waals surface area contributed by atoms with E-state index in [4.69, 9.17) is 9.15 Å². The molecule has 0 amide bonds. The fraction of sp³-hybridized carbons (Fsp3) is 0.474. The summed E-state index contributed by atoms with van der Waals surface area (Å²) >= 11 is 0. The fourth-order valence-electron chi connectivity index (χ4n) is 2.52. The molecule has 23 heavy (non-hydrogen) atoms. The topological polar surface area (TPSA) is 45.8 Å². The molecule has 0 radical (unpaired) electrons. The summed E-state index contributed by atoms with van der Waals surface area (Å²) in [5.41, 5.74) is 2.52. The van der Waals surface area contributed by atoms with E-state index in [0.29, 0.717) is 25.8 Å². The minimum absolute atomic E-state index is 0.303. The van der Waals surface area contributed by atoms with Gasteiger partial charge in [-0.05, 0) is 38.5 Å². The van der Waals surface area contributed by atoms with E-state index in [1.807, 2.05) is 12.1 Å². The maximum Gasteiger partial charge on any atom is 0.129 e. The van der Waals surface area contributed by atoms with Gasteiger partial charge in [0, 0.05) is 19.1 Å². The Kier molecular flexibility index (Phi) is 6.84. The summed E-state index contributed by atoms with van der Waals surface area (Å²) in [6.45, 7) is 8.50. The van der Waals surface area contributed by atoms with Gasteiger partial charge in [-0.3, -0.25) is 4.90 Å². The molecule has 4 nitrogen and oxygen atoms in total. The van der Waals surface area contributed by atoms with Gasteiger partial charge in [0.25, 0.3) is 0 Å². The molecule has 0 aliphatic heterocycles. The third-order valence-corrected chi connectivity index (χ3v) is 3.78. The Labute approximate surface area is 138 Å². The third-order valence-electron chi connectivity index (χ3n) is 3.78. The predicted octanol–water partition coefficient (Wildman–Crippen LogP) is 3.38. The van der Waals surface area contributed by atoms with Gasteiger partial charge >= 0.3 is 0 Å². The highest BCUT2D eigenvalue weighted by molar-refractivity contribution is 5.22. The molecule has 1 aromatic heterocycles. The maximum atomic E-state index is 10.2. The van der Waals surface area contributed by atoms with Crippen molar-refractivity contribution in [3.63, 3.8) is 0 Å². The molecule has 0 fully saturated rings. The van der Waals surface area contributed by atoms with Crippen LogP contribution in [0.4, 0.5) is 0 Å². The van der Waals surface area contributed by atoms with Crippen molar-refractivity contribution in [2.45, 2.75) is 46.1 Å². The Morgan fingerprint density at radius 1 is 1.22 bits per heavy atom. The summed E-state index contributed by atoms with van der Waals surface area (Å²) in [6.07, 6.45) is 1.11. The number of aryl methyl sites for hydroxylation is 1. The highest BCUT2D eigenvalue weighted by atomic mass is 16.5. The van der Waals surface area contributed by atoms with E-state index < -0.39 is 6.10 Å². The van der Waals surface area contributed by atoms with Crippen LogP contribution in [0.2, 0.25) is 0 Å². The van der Waals surface area contributed by atoms with Crippen LogP contribution >= 0.6 is 0 Å². The van der Waals surface area contributed by atoms with Crippen LogP contribution in [-0.2, 0) is 17.9 Å². The van der Waals surface area contributed by atoms with Gasteiger partial charge in [-0.15, -0.1) is 0 Å². The predicted molar refractivity (Wildman–Crippen MR) is 91.1 cm³/mol. The number of ether oxygens (including phenoxy) is 1. The van der Waals surface area contributed by atoms with E-state index in [9.17, 15) is 5.11 Å². The molecule has 1 atom stereocenters. The molecule has 0 saturated carbocycles. The van der Waals surface area contributed by atoms with E-state index in [2.05, 4.69) is 49.9 Å². The number of hydrogen-bond donors (Lipinski definition) is 1. The van der Waals surface area contributed by atoms with Crippen LogP contribution in [0, 0.1) is 6.92 Å². The molecule has 4 heteroatoms. The number of hydrogen-bond acceptors (Lipinski definition) is 4. The van der Waals surface area contributed by atoms with E-state index in [1.165, 1.54) is 11.1 Å². The first kappa shape index (κ1) is 17.7. The maximum absolute atomic E-state index is 10.2. The van der Waals surface area contributed by atoms with Crippen molar-refractivity contribution < 1.29 is 14.3 Å². The number of furan rings is 1. The van der Waals surface area contributed by atoms with E-state index >= 15 is 0 Å². The number of aliphatic hydroxyl groups is 1. The molecule has 1 aromatic carbocycles. The van der Waals surface area contributed by atoms with Gasteiger partial charge in [0.1, 0.15) is 12.4 Å². The molecule has 2 aromatic rings. The molecular formula is C19H27NO3. The zero-order valence-electron chi connectivity index (χ0n) is 14.2. The number of nitrogens with zero attached hydrogens (tertiary/aromatic N) is 1. The lowest BCUT2D eigenvalue weighted by molar-refractivity contribution is -0.00116. The monoisotopic (exact) mass is 317 g/mol. The molecule has 1 N–H and O–H groups in total. The van der Waals surface area contributed by atoms with Crippen LogP contribution < -0.4 is 0 Å². The van der Waals surface area contributed by atoms with Crippen molar-refractivity contribution in [1.82, 2.24) is 4.90 Å². The standard InChI is InChI=1S/C19H27NO3/c1-15(2)20(11-17-7-4-6-16(3)10-17)12-18(21)13-22-14-19-8-5-9-23-19/h4-10,15,18,21H,11-14H2,1-3H3/t18-/m0/s1. The van der Waals surface area contributed by atoms with Crippen molar-refractivity contribution in [1.29, 1.82) is 0 Å². The van der Waals surface area contributed by atoms with E-state index in [0.717, 1.165) is 12.3 Å². The summed E-state index contributed by atoms with van der Waals surface area (Å²) in [5, 5.41) is 10.2. The molecule has 0 bridgehead atoms. The Morgan fingerprint density at radius 2 is 2.04 bits per heavy atom. The van der Waals surface area contributed by atoms with E-state index in [-0.39, 0.29) is 0 Å². The third kappa shape index (κ3) is 6.18. The summed E-state index contributed by atoms with van der Waals surface area (Å²) in [6, 6.07) is 12.5. The lowest BCUT2D eigenvalue weighted by atomic mass is 10.1. The second-order valence-corrected chi connectivity index (χ2v) is 6.26. The van der Waals surface area contributed by atoms with E-state index in [1.54, 1.807) is 6.26 Å². The average Bonchev–Trinajstić information content (AvgIpc) is 3.00. The molecule has 0 aliphatic rings. The highest BCUT2D eigenvalue weighted by Crippen LogP contribution is 2.11. The largest absolute Gasteiger partial charge is 0.467 e. The molecular weight excluding hydrogens is 290 g/mol. The first-order valence-corrected chi connectivity index (χ1v) is 8.12. The molecule has 0 spiro atoms. The van der Waals surface area contributed by atoms with Crippen LogP contribution in [0.25, 0.3) is 0 Å². The van der Waals surface area contributed by atoms with Gasteiger partial charge in [0.2, 0.25) is 0 Å². The molecule has 0 saturated heterocycles. The Bertz CT molecular complexity index is 566. The van der Waals surface area contributed by atoms with Crippen LogP contribution in [0.5, 0.6) is 0 Å². The van der Waals surface area contributed by atoms with Gasteiger partial charge in [-0.2, -0.15) is 0 Å². The Hall–Kier alpha value is -1.62. The number of rotatable bonds is 9. The molecule has 0 unspecified atom stereocenters.